The summed E-state index contributed by atoms with van der Waals surface area (Å²) >= 11 is 0. The van der Waals surface area contributed by atoms with Crippen LogP contribution in [0.5, 0.6) is 0 Å². The first-order valence-corrected chi connectivity index (χ1v) is 17.2. The van der Waals surface area contributed by atoms with Crippen molar-refractivity contribution in [1.82, 2.24) is 20.4 Å². The van der Waals surface area contributed by atoms with Gasteiger partial charge in [-0.1, -0.05) is 39.0 Å². The number of aliphatic imine (C=N–C) groups is 1. The van der Waals surface area contributed by atoms with E-state index in [1.54, 1.807) is 6.92 Å². The molecule has 0 aromatic heterocycles. The number of hydrogen-bond donors (Lipinski definition) is 6. The molecule has 252 valence electrons. The molecule has 1 amide bonds. The summed E-state index contributed by atoms with van der Waals surface area (Å²) in [6.45, 7) is 7.59. The van der Waals surface area contributed by atoms with Crippen LogP contribution >= 0.6 is 0 Å². The van der Waals surface area contributed by atoms with Crippen molar-refractivity contribution in [2.24, 2.45) is 39.3 Å². The van der Waals surface area contributed by atoms with Crippen molar-refractivity contribution in [3.05, 3.63) is 12.0 Å². The van der Waals surface area contributed by atoms with E-state index >= 15 is 0 Å². The summed E-state index contributed by atoms with van der Waals surface area (Å²) in [7, 11) is 0. The Hall–Kier alpha value is -1.67. The first kappa shape index (κ1) is 35.2. The molecule has 4 rings (SSSR count). The van der Waals surface area contributed by atoms with Gasteiger partial charge in [-0.05, 0) is 50.9 Å². The van der Waals surface area contributed by atoms with E-state index in [2.05, 4.69) is 27.4 Å². The van der Waals surface area contributed by atoms with Gasteiger partial charge in [0, 0.05) is 63.0 Å². The van der Waals surface area contributed by atoms with Gasteiger partial charge in [0.15, 0.2) is 6.35 Å². The van der Waals surface area contributed by atoms with Crippen molar-refractivity contribution in [3.63, 3.8) is 0 Å². The fraction of sp³-hybridized carbons (Fsp3) is 0.875. The van der Waals surface area contributed by atoms with Gasteiger partial charge in [0.05, 0.1) is 24.7 Å². The molecule has 10 N–H and O–H groups in total. The molecule has 1 spiro atoms. The lowest BCUT2D eigenvalue weighted by atomic mass is 9.65. The van der Waals surface area contributed by atoms with Crippen LogP contribution in [0.3, 0.4) is 0 Å². The number of unbranched alkanes of at least 4 members (excludes halogenated alkanes) is 2. The van der Waals surface area contributed by atoms with Crippen LogP contribution in [0, 0.1) is 11.3 Å². The van der Waals surface area contributed by atoms with Crippen LogP contribution in [0.4, 0.5) is 4.39 Å². The van der Waals surface area contributed by atoms with Crippen LogP contribution < -0.4 is 33.6 Å². The zero-order chi connectivity index (χ0) is 31.7. The maximum absolute atomic E-state index is 14.7. The number of piperazine rings is 1. The van der Waals surface area contributed by atoms with Crippen LogP contribution in [0.2, 0.25) is 0 Å². The smallest absolute Gasteiger partial charge is 0.228 e. The predicted molar refractivity (Wildman–Crippen MR) is 174 cm³/mol. The number of halogens is 1. The third-order valence-electron chi connectivity index (χ3n) is 10.4. The van der Waals surface area contributed by atoms with Crippen LogP contribution in [0.1, 0.15) is 97.3 Å². The van der Waals surface area contributed by atoms with Crippen LogP contribution in [-0.4, -0.2) is 91.0 Å². The average Bonchev–Trinajstić information content (AvgIpc) is 2.99. The van der Waals surface area contributed by atoms with Gasteiger partial charge in [-0.25, -0.2) is 4.39 Å². The third kappa shape index (κ3) is 9.67. The zero-order valence-corrected chi connectivity index (χ0v) is 27.2. The van der Waals surface area contributed by atoms with E-state index in [1.165, 1.54) is 24.8 Å². The SMILES string of the molecule is CCCCCC1=NCC(NC(=O)C(C(N)N)C2CC3(CCCCC3)CC/C(F)=C\N2)C(N2CCN(C(N)OC(C)N)CC2)C1. The maximum atomic E-state index is 14.7. The Morgan fingerprint density at radius 2 is 1.86 bits per heavy atom. The van der Waals surface area contributed by atoms with Crippen LogP contribution in [-0.2, 0) is 9.53 Å². The molecule has 1 saturated carbocycles. The highest BCUT2D eigenvalue weighted by Gasteiger charge is 2.43. The first-order chi connectivity index (χ1) is 21.1. The monoisotopic (exact) mass is 621 g/mol. The minimum Gasteiger partial charge on any atom is -0.385 e. The number of nitrogens with two attached hydrogens (primary N) is 4. The van der Waals surface area contributed by atoms with Gasteiger partial charge in [-0.15, -0.1) is 0 Å². The Kier molecular flexibility index (Phi) is 13.4. The molecule has 11 nitrogen and oxygen atoms in total. The van der Waals surface area contributed by atoms with Gasteiger partial charge in [-0.2, -0.15) is 0 Å². The molecule has 12 heteroatoms. The van der Waals surface area contributed by atoms with Crippen LogP contribution in [0.25, 0.3) is 0 Å². The Morgan fingerprint density at radius 3 is 2.52 bits per heavy atom. The molecule has 44 heavy (non-hydrogen) atoms. The van der Waals surface area contributed by atoms with E-state index in [0.29, 0.717) is 13.0 Å². The minimum absolute atomic E-state index is 0.00588. The quantitative estimate of drug-likeness (QED) is 0.141. The third-order valence-corrected chi connectivity index (χ3v) is 10.4. The predicted octanol–water partition coefficient (Wildman–Crippen LogP) is 2.21. The molecule has 6 unspecified atom stereocenters. The molecule has 0 radical (unpaired) electrons. The topological polar surface area (TPSA) is 173 Å². The van der Waals surface area contributed by atoms with E-state index in [9.17, 15) is 9.18 Å². The number of carbonyl (C=O) groups is 1. The number of ether oxygens (including phenoxy) is 1. The Labute approximate surface area is 264 Å². The largest absolute Gasteiger partial charge is 0.385 e. The fourth-order valence-corrected chi connectivity index (χ4v) is 7.89. The molecule has 2 fully saturated rings. The van der Waals surface area contributed by atoms with Crippen LogP contribution in [0.15, 0.2) is 17.0 Å². The van der Waals surface area contributed by atoms with E-state index in [1.807, 2.05) is 0 Å². The highest BCUT2D eigenvalue weighted by Crippen LogP contribution is 2.46. The lowest BCUT2D eigenvalue weighted by molar-refractivity contribution is -0.128. The summed E-state index contributed by atoms with van der Waals surface area (Å²) in [6, 6.07) is -0.421. The van der Waals surface area contributed by atoms with Gasteiger partial charge in [0.2, 0.25) is 5.91 Å². The molecule has 0 bridgehead atoms. The Balaban J connectivity index is 1.49. The molecule has 1 aliphatic carbocycles. The summed E-state index contributed by atoms with van der Waals surface area (Å²) in [6.07, 6.45) is 12.4. The second-order valence-corrected chi connectivity index (χ2v) is 13.8. The van der Waals surface area contributed by atoms with E-state index in [-0.39, 0.29) is 35.3 Å². The van der Waals surface area contributed by atoms with E-state index < -0.39 is 24.7 Å². The number of rotatable bonds is 12. The summed E-state index contributed by atoms with van der Waals surface area (Å²) in [5.41, 5.74) is 26.0. The standard InChI is InChI=1S/C32H60FN9O2/c1-3-4-6-9-24-18-27(41-14-16-42(17-15-41)31(37)44-22(2)34)26(21-38-24)40-30(43)28(29(35)36)25-19-32(11-7-5-8-12-32)13-10-23(33)20-39-25/h20,22,25-29,31,39H,3-19,21,34-37H2,1-2H3,(H,40,43)/b23-20+. The molecule has 6 atom stereocenters. The number of carbonyl (C=O) groups excluding carboxylic acids is 1. The molecule has 0 aromatic rings. The number of nitrogens with one attached hydrogen (secondary N) is 2. The van der Waals surface area contributed by atoms with Gasteiger partial charge in [0.1, 0.15) is 12.1 Å². The van der Waals surface area contributed by atoms with Crippen molar-refractivity contribution >= 4 is 11.6 Å². The Morgan fingerprint density at radius 1 is 1.14 bits per heavy atom. The van der Waals surface area contributed by atoms with Crippen molar-refractivity contribution in [3.8, 4) is 0 Å². The highest BCUT2D eigenvalue weighted by molar-refractivity contribution is 5.86. The van der Waals surface area contributed by atoms with Gasteiger partial charge in [-0.3, -0.25) is 25.3 Å². The summed E-state index contributed by atoms with van der Waals surface area (Å²) in [5, 5.41) is 6.60. The molecule has 4 aliphatic rings. The lowest BCUT2D eigenvalue weighted by Gasteiger charge is -2.46. The number of allylic oxidation sites excluding steroid dienone is 1. The average molecular weight is 622 g/mol. The molecule has 3 heterocycles. The summed E-state index contributed by atoms with van der Waals surface area (Å²) in [5.74, 6) is -1.05. The maximum Gasteiger partial charge on any atom is 0.228 e. The normalized spacial score (nSPS) is 30.3. The van der Waals surface area contributed by atoms with Gasteiger partial charge < -0.3 is 32.6 Å². The Bertz CT molecular complexity index is 963. The van der Waals surface area contributed by atoms with Gasteiger partial charge in [0.25, 0.3) is 0 Å². The molecule has 3 aliphatic heterocycles. The van der Waals surface area contributed by atoms with Crippen molar-refractivity contribution in [2.45, 2.75) is 134 Å². The minimum atomic E-state index is -0.880. The van der Waals surface area contributed by atoms with Crippen molar-refractivity contribution in [1.29, 1.82) is 0 Å². The van der Waals surface area contributed by atoms with Crippen molar-refractivity contribution < 1.29 is 13.9 Å². The number of nitrogens with zero attached hydrogens (tertiary/aromatic N) is 3. The number of hydrogen-bond acceptors (Lipinski definition) is 10. The van der Waals surface area contributed by atoms with Crippen molar-refractivity contribution in [2.75, 3.05) is 32.7 Å². The molecular weight excluding hydrogens is 561 g/mol. The first-order valence-electron chi connectivity index (χ1n) is 17.2. The van der Waals surface area contributed by atoms with E-state index in [4.69, 9.17) is 32.7 Å². The van der Waals surface area contributed by atoms with Gasteiger partial charge >= 0.3 is 0 Å². The zero-order valence-electron chi connectivity index (χ0n) is 27.2. The second-order valence-electron chi connectivity index (χ2n) is 13.8. The fourth-order valence-electron chi connectivity index (χ4n) is 7.89. The summed E-state index contributed by atoms with van der Waals surface area (Å²) in [4.78, 5) is 23.6. The molecular formula is C32H60FN9O2. The second kappa shape index (κ2) is 16.8. The molecule has 0 aromatic carbocycles. The highest BCUT2D eigenvalue weighted by atomic mass is 19.1. The molecule has 1 saturated heterocycles. The summed E-state index contributed by atoms with van der Waals surface area (Å²) < 4.78 is 20.3. The lowest BCUT2D eigenvalue weighted by Crippen LogP contribution is -2.64. The van der Waals surface area contributed by atoms with E-state index in [0.717, 1.165) is 90.4 Å². The number of amides is 1.